The molecule has 0 aliphatic heterocycles. The van der Waals surface area contributed by atoms with Gasteiger partial charge in [0.2, 0.25) is 17.7 Å². The fourth-order valence-corrected chi connectivity index (χ4v) is 4.53. The Morgan fingerprint density at radius 3 is 1.90 bits per heavy atom. The number of hydrogen-bond acceptors (Lipinski definition) is 5. The lowest BCUT2D eigenvalue weighted by atomic mass is 9.94. The van der Waals surface area contributed by atoms with Crippen LogP contribution in [0.4, 0.5) is 4.79 Å². The number of aryl methyl sites for hydroxylation is 2. The zero-order valence-electron chi connectivity index (χ0n) is 26.4. The SMILES string of the molecule is Cc1cc(C)cc(C(C(=O)NC(C)(C)C)N(C(=O)C(CCC(N)=O)NC(=O)OC(C)(C)C)C(C)CCC(C)C)c1. The van der Waals surface area contributed by atoms with Crippen LogP contribution in [-0.4, -0.2) is 51.9 Å². The number of ether oxygens (including phenoxy) is 1. The summed E-state index contributed by atoms with van der Waals surface area (Å²) in [4.78, 5) is 54.5. The summed E-state index contributed by atoms with van der Waals surface area (Å²) in [5.41, 5.74) is 6.68. The molecule has 1 aromatic carbocycles. The molecule has 1 rings (SSSR count). The molecule has 0 radical (unpaired) electrons. The van der Waals surface area contributed by atoms with Crippen LogP contribution in [-0.2, 0) is 19.1 Å². The Morgan fingerprint density at radius 2 is 1.45 bits per heavy atom. The Balaban J connectivity index is 3.75. The summed E-state index contributed by atoms with van der Waals surface area (Å²) < 4.78 is 5.42. The molecule has 9 nitrogen and oxygen atoms in total. The van der Waals surface area contributed by atoms with Crippen LogP contribution in [0.3, 0.4) is 0 Å². The first kappa shape index (κ1) is 34.9. The maximum Gasteiger partial charge on any atom is 0.408 e. The number of carbonyl (C=O) groups is 4. The van der Waals surface area contributed by atoms with E-state index >= 15 is 0 Å². The van der Waals surface area contributed by atoms with Gasteiger partial charge in [0.25, 0.3) is 0 Å². The predicted molar refractivity (Wildman–Crippen MR) is 159 cm³/mol. The number of carbonyl (C=O) groups excluding carboxylic acids is 4. The average molecular weight is 561 g/mol. The molecule has 0 aliphatic carbocycles. The third-order valence-electron chi connectivity index (χ3n) is 6.14. The van der Waals surface area contributed by atoms with E-state index in [2.05, 4.69) is 24.5 Å². The topological polar surface area (TPSA) is 131 Å². The first-order valence-electron chi connectivity index (χ1n) is 14.2. The summed E-state index contributed by atoms with van der Waals surface area (Å²) >= 11 is 0. The van der Waals surface area contributed by atoms with Gasteiger partial charge in [0.15, 0.2) is 0 Å². The van der Waals surface area contributed by atoms with E-state index in [0.717, 1.165) is 17.5 Å². The molecule has 9 heteroatoms. The molecule has 0 aromatic heterocycles. The molecular formula is C31H52N4O5. The highest BCUT2D eigenvalue weighted by molar-refractivity contribution is 5.93. The third kappa shape index (κ3) is 12.4. The van der Waals surface area contributed by atoms with E-state index in [0.29, 0.717) is 17.9 Å². The number of amides is 4. The van der Waals surface area contributed by atoms with Crippen LogP contribution < -0.4 is 16.4 Å². The Morgan fingerprint density at radius 1 is 0.900 bits per heavy atom. The monoisotopic (exact) mass is 560 g/mol. The van der Waals surface area contributed by atoms with Crippen LogP contribution in [0.25, 0.3) is 0 Å². The van der Waals surface area contributed by atoms with E-state index in [1.807, 2.05) is 59.7 Å². The fraction of sp³-hybridized carbons (Fsp3) is 0.677. The lowest BCUT2D eigenvalue weighted by Crippen LogP contribution is -2.57. The Hall–Kier alpha value is -3.10. The van der Waals surface area contributed by atoms with Crippen molar-refractivity contribution in [3.8, 4) is 0 Å². The summed E-state index contributed by atoms with van der Waals surface area (Å²) in [5, 5.41) is 5.71. The van der Waals surface area contributed by atoms with E-state index < -0.39 is 41.1 Å². The molecule has 1 aromatic rings. The number of nitrogens with zero attached hydrogens (tertiary/aromatic N) is 1. The van der Waals surface area contributed by atoms with Gasteiger partial charge in [-0.1, -0.05) is 43.2 Å². The molecule has 4 N–H and O–H groups in total. The second kappa shape index (κ2) is 14.5. The van der Waals surface area contributed by atoms with Gasteiger partial charge in [0.1, 0.15) is 17.7 Å². The minimum atomic E-state index is -1.13. The van der Waals surface area contributed by atoms with Crippen molar-refractivity contribution in [2.75, 3.05) is 0 Å². The van der Waals surface area contributed by atoms with E-state index in [4.69, 9.17) is 10.5 Å². The molecular weight excluding hydrogens is 508 g/mol. The van der Waals surface area contributed by atoms with Crippen LogP contribution in [0, 0.1) is 19.8 Å². The molecule has 226 valence electrons. The van der Waals surface area contributed by atoms with Gasteiger partial charge in [0, 0.05) is 18.0 Å². The summed E-state index contributed by atoms with van der Waals surface area (Å²) in [6.45, 7) is 20.8. The average Bonchev–Trinajstić information content (AvgIpc) is 2.74. The number of benzene rings is 1. The standard InChI is InChI=1S/C31H52N4O5/c1-19(2)12-13-22(5)35(28(38)24(14-15-25(32)36)33-29(39)40-31(9,10)11)26(27(37)34-30(6,7)8)23-17-20(3)16-21(4)18-23/h16-19,22,24,26H,12-15H2,1-11H3,(H2,32,36)(H,33,39)(H,34,37). The van der Waals surface area contributed by atoms with E-state index in [9.17, 15) is 19.2 Å². The molecule has 0 fully saturated rings. The molecule has 4 amide bonds. The number of rotatable bonds is 12. The molecule has 0 aliphatic rings. The smallest absolute Gasteiger partial charge is 0.408 e. The second-order valence-corrected chi connectivity index (χ2v) is 13.3. The normalized spacial score (nSPS) is 14.2. The molecule has 0 spiro atoms. The highest BCUT2D eigenvalue weighted by Crippen LogP contribution is 2.30. The van der Waals surface area contributed by atoms with E-state index in [1.165, 1.54) is 0 Å². The van der Waals surface area contributed by atoms with Crippen molar-refractivity contribution < 1.29 is 23.9 Å². The van der Waals surface area contributed by atoms with Crippen molar-refractivity contribution in [3.63, 3.8) is 0 Å². The van der Waals surface area contributed by atoms with Crippen molar-refractivity contribution >= 4 is 23.8 Å². The van der Waals surface area contributed by atoms with Crippen LogP contribution in [0.2, 0.25) is 0 Å². The number of primary amides is 1. The maximum atomic E-state index is 14.4. The number of nitrogens with two attached hydrogens (primary N) is 1. The summed E-state index contributed by atoms with van der Waals surface area (Å²) in [6, 6.07) is 3.38. The van der Waals surface area contributed by atoms with Gasteiger partial charge in [0.05, 0.1) is 0 Å². The summed E-state index contributed by atoms with van der Waals surface area (Å²) in [6.07, 6.45) is 0.538. The summed E-state index contributed by atoms with van der Waals surface area (Å²) in [5.74, 6) is -1.02. The van der Waals surface area contributed by atoms with Gasteiger partial charge < -0.3 is 26.0 Å². The number of alkyl carbamates (subject to hydrolysis) is 1. The number of nitrogens with one attached hydrogen (secondary N) is 2. The van der Waals surface area contributed by atoms with Crippen molar-refractivity contribution in [3.05, 3.63) is 34.9 Å². The van der Waals surface area contributed by atoms with Gasteiger partial charge in [-0.05, 0) is 93.1 Å². The largest absolute Gasteiger partial charge is 0.444 e. The third-order valence-corrected chi connectivity index (χ3v) is 6.14. The van der Waals surface area contributed by atoms with Gasteiger partial charge in [-0.25, -0.2) is 4.79 Å². The van der Waals surface area contributed by atoms with Crippen LogP contribution in [0.5, 0.6) is 0 Å². The minimum absolute atomic E-state index is 0.0265. The Labute approximate surface area is 241 Å². The minimum Gasteiger partial charge on any atom is -0.444 e. The molecule has 0 heterocycles. The van der Waals surface area contributed by atoms with Crippen LogP contribution >= 0.6 is 0 Å². The zero-order valence-corrected chi connectivity index (χ0v) is 26.4. The van der Waals surface area contributed by atoms with Crippen molar-refractivity contribution in [2.45, 2.75) is 131 Å². The van der Waals surface area contributed by atoms with Gasteiger partial charge >= 0.3 is 6.09 Å². The predicted octanol–water partition coefficient (Wildman–Crippen LogP) is 5.07. The lowest BCUT2D eigenvalue weighted by molar-refractivity contribution is -0.146. The highest BCUT2D eigenvalue weighted by atomic mass is 16.6. The number of hydrogen-bond donors (Lipinski definition) is 3. The summed E-state index contributed by atoms with van der Waals surface area (Å²) in [7, 11) is 0. The Kier molecular flexibility index (Phi) is 12.7. The van der Waals surface area contributed by atoms with E-state index in [-0.39, 0.29) is 24.8 Å². The second-order valence-electron chi connectivity index (χ2n) is 13.3. The zero-order chi connectivity index (χ0) is 31.0. The van der Waals surface area contributed by atoms with Crippen LogP contribution in [0.15, 0.2) is 18.2 Å². The van der Waals surface area contributed by atoms with E-state index in [1.54, 1.807) is 25.7 Å². The first-order valence-corrected chi connectivity index (χ1v) is 14.2. The quantitative estimate of drug-likeness (QED) is 0.328. The highest BCUT2D eigenvalue weighted by Gasteiger charge is 2.40. The molecule has 0 saturated carbocycles. The van der Waals surface area contributed by atoms with Crippen molar-refractivity contribution in [1.82, 2.24) is 15.5 Å². The Bertz CT molecular complexity index is 1020. The van der Waals surface area contributed by atoms with Gasteiger partial charge in [-0.3, -0.25) is 14.4 Å². The maximum absolute atomic E-state index is 14.4. The van der Waals surface area contributed by atoms with Gasteiger partial charge in [-0.2, -0.15) is 0 Å². The molecule has 40 heavy (non-hydrogen) atoms. The molecule has 0 saturated heterocycles. The fourth-order valence-electron chi connectivity index (χ4n) is 4.53. The molecule has 3 unspecified atom stereocenters. The van der Waals surface area contributed by atoms with Gasteiger partial charge in [-0.15, -0.1) is 0 Å². The molecule has 0 bridgehead atoms. The van der Waals surface area contributed by atoms with Crippen LogP contribution in [0.1, 0.15) is 111 Å². The lowest BCUT2D eigenvalue weighted by Gasteiger charge is -2.40. The first-order chi connectivity index (χ1) is 18.2. The van der Waals surface area contributed by atoms with Crippen molar-refractivity contribution in [2.24, 2.45) is 11.7 Å². The molecule has 3 atom stereocenters. The van der Waals surface area contributed by atoms with Crippen molar-refractivity contribution in [1.29, 1.82) is 0 Å².